The van der Waals surface area contributed by atoms with Crippen molar-refractivity contribution in [2.24, 2.45) is 17.6 Å². The molecule has 3 rings (SSSR count). The molecule has 0 saturated heterocycles. The van der Waals surface area contributed by atoms with Crippen LogP contribution in [0.1, 0.15) is 70.4 Å². The molecule has 2 aliphatic rings. The molecule has 1 nitrogen and oxygen atoms in total. The molecular formula is C19H29N. The normalized spacial score (nSPS) is 31.3. The van der Waals surface area contributed by atoms with E-state index in [9.17, 15) is 0 Å². The molecule has 2 saturated carbocycles. The van der Waals surface area contributed by atoms with Gasteiger partial charge in [-0.2, -0.15) is 0 Å². The zero-order valence-electron chi connectivity index (χ0n) is 13.3. The number of benzene rings is 1. The molecule has 20 heavy (non-hydrogen) atoms. The molecule has 1 heteroatoms. The lowest BCUT2D eigenvalue weighted by Gasteiger charge is -2.39. The van der Waals surface area contributed by atoms with Crippen LogP contribution in [-0.2, 0) is 11.0 Å². The van der Waals surface area contributed by atoms with Gasteiger partial charge in [-0.05, 0) is 54.1 Å². The van der Waals surface area contributed by atoms with E-state index in [1.54, 1.807) is 0 Å². The second kappa shape index (κ2) is 4.87. The Balaban J connectivity index is 1.79. The van der Waals surface area contributed by atoms with E-state index in [0.29, 0.717) is 0 Å². The average Bonchev–Trinajstić information content (AvgIpc) is 3.22. The van der Waals surface area contributed by atoms with Gasteiger partial charge in [-0.15, -0.1) is 0 Å². The monoisotopic (exact) mass is 271 g/mol. The van der Waals surface area contributed by atoms with Crippen molar-refractivity contribution < 1.29 is 0 Å². The highest BCUT2D eigenvalue weighted by Crippen LogP contribution is 2.48. The summed E-state index contributed by atoms with van der Waals surface area (Å²) >= 11 is 0. The van der Waals surface area contributed by atoms with Crippen LogP contribution in [0, 0.1) is 11.8 Å². The highest BCUT2D eigenvalue weighted by molar-refractivity contribution is 5.32. The summed E-state index contributed by atoms with van der Waals surface area (Å²) < 4.78 is 0. The molecule has 2 N–H and O–H groups in total. The van der Waals surface area contributed by atoms with Gasteiger partial charge >= 0.3 is 0 Å². The van der Waals surface area contributed by atoms with Gasteiger partial charge in [0.1, 0.15) is 0 Å². The van der Waals surface area contributed by atoms with Crippen molar-refractivity contribution in [1.82, 2.24) is 0 Å². The van der Waals surface area contributed by atoms with Crippen molar-refractivity contribution >= 4 is 0 Å². The molecule has 0 bridgehead atoms. The average molecular weight is 271 g/mol. The van der Waals surface area contributed by atoms with Crippen molar-refractivity contribution in [3.63, 3.8) is 0 Å². The summed E-state index contributed by atoms with van der Waals surface area (Å²) in [6, 6.07) is 9.14. The summed E-state index contributed by atoms with van der Waals surface area (Å²) in [5.74, 6) is 1.88. The fourth-order valence-electron chi connectivity index (χ4n) is 3.89. The van der Waals surface area contributed by atoms with E-state index in [0.717, 1.165) is 18.3 Å². The molecule has 110 valence electrons. The Kier molecular flexibility index (Phi) is 3.44. The van der Waals surface area contributed by atoms with E-state index in [4.69, 9.17) is 5.73 Å². The van der Waals surface area contributed by atoms with Crippen molar-refractivity contribution in [1.29, 1.82) is 0 Å². The van der Waals surface area contributed by atoms with Crippen LogP contribution in [0.2, 0.25) is 0 Å². The maximum Gasteiger partial charge on any atom is 0.0412 e. The first kappa shape index (κ1) is 14.1. The first-order chi connectivity index (χ1) is 9.38. The van der Waals surface area contributed by atoms with Crippen molar-refractivity contribution in [3.8, 4) is 0 Å². The molecule has 0 radical (unpaired) electrons. The van der Waals surface area contributed by atoms with Crippen molar-refractivity contribution in [2.75, 3.05) is 0 Å². The first-order valence-electron chi connectivity index (χ1n) is 8.28. The van der Waals surface area contributed by atoms with Gasteiger partial charge < -0.3 is 5.73 Å². The van der Waals surface area contributed by atoms with Crippen LogP contribution in [0.5, 0.6) is 0 Å². The minimum Gasteiger partial charge on any atom is -0.321 e. The SMILES string of the molecule is CC(C)(C)c1ccc(C2(N)CCCC(C3CC3)C2)cc1. The maximum atomic E-state index is 6.80. The van der Waals surface area contributed by atoms with E-state index in [1.165, 1.54) is 43.2 Å². The summed E-state index contributed by atoms with van der Waals surface area (Å²) in [6.45, 7) is 6.80. The molecule has 2 atom stereocenters. The van der Waals surface area contributed by atoms with Crippen LogP contribution < -0.4 is 5.73 Å². The zero-order chi connectivity index (χ0) is 14.4. The molecule has 0 heterocycles. The fourth-order valence-corrected chi connectivity index (χ4v) is 3.89. The summed E-state index contributed by atoms with van der Waals surface area (Å²) in [5.41, 5.74) is 9.71. The Morgan fingerprint density at radius 2 is 1.65 bits per heavy atom. The molecule has 2 fully saturated rings. The van der Waals surface area contributed by atoms with Gasteiger partial charge in [0.15, 0.2) is 0 Å². The van der Waals surface area contributed by atoms with E-state index in [2.05, 4.69) is 45.0 Å². The number of rotatable bonds is 2. The third-order valence-electron chi connectivity index (χ3n) is 5.44. The minimum absolute atomic E-state index is 0.0675. The van der Waals surface area contributed by atoms with E-state index < -0.39 is 0 Å². The zero-order valence-corrected chi connectivity index (χ0v) is 13.3. The lowest BCUT2D eigenvalue weighted by molar-refractivity contribution is 0.206. The number of hydrogen-bond donors (Lipinski definition) is 1. The van der Waals surface area contributed by atoms with E-state index >= 15 is 0 Å². The lowest BCUT2D eigenvalue weighted by atomic mass is 9.70. The second-order valence-corrected chi connectivity index (χ2v) is 8.18. The molecule has 1 aromatic carbocycles. The fraction of sp³-hybridized carbons (Fsp3) is 0.684. The van der Waals surface area contributed by atoms with E-state index in [1.807, 2.05) is 0 Å². The number of nitrogens with two attached hydrogens (primary N) is 1. The summed E-state index contributed by atoms with van der Waals surface area (Å²) in [4.78, 5) is 0. The molecule has 2 aliphatic carbocycles. The van der Waals surface area contributed by atoms with Crippen molar-refractivity contribution in [2.45, 2.75) is 70.3 Å². The number of hydrogen-bond acceptors (Lipinski definition) is 1. The molecule has 2 unspecified atom stereocenters. The van der Waals surface area contributed by atoms with Gasteiger partial charge in [0.2, 0.25) is 0 Å². The van der Waals surface area contributed by atoms with Gasteiger partial charge in [0.25, 0.3) is 0 Å². The standard InChI is InChI=1S/C19H29N/c1-18(2,3)16-8-10-17(11-9-16)19(20)12-4-5-15(13-19)14-6-7-14/h8-11,14-15H,4-7,12-13,20H2,1-3H3. The first-order valence-corrected chi connectivity index (χ1v) is 8.28. The van der Waals surface area contributed by atoms with Crippen LogP contribution >= 0.6 is 0 Å². The Labute approximate surface area is 124 Å². The van der Waals surface area contributed by atoms with Crippen LogP contribution in [0.3, 0.4) is 0 Å². The summed E-state index contributed by atoms with van der Waals surface area (Å²) in [6.07, 6.45) is 7.97. The molecule has 0 aliphatic heterocycles. The second-order valence-electron chi connectivity index (χ2n) is 8.18. The van der Waals surface area contributed by atoms with Crippen LogP contribution in [0.25, 0.3) is 0 Å². The highest BCUT2D eigenvalue weighted by atomic mass is 14.8. The molecule has 0 spiro atoms. The highest BCUT2D eigenvalue weighted by Gasteiger charge is 2.40. The predicted molar refractivity (Wildman–Crippen MR) is 85.7 cm³/mol. The van der Waals surface area contributed by atoms with Gasteiger partial charge in [-0.1, -0.05) is 57.9 Å². The Hall–Kier alpha value is -0.820. The Bertz CT molecular complexity index is 464. The van der Waals surface area contributed by atoms with Crippen LogP contribution in [0.15, 0.2) is 24.3 Å². The predicted octanol–water partition coefficient (Wildman–Crippen LogP) is 4.74. The molecule has 0 amide bonds. The maximum absolute atomic E-state index is 6.80. The Morgan fingerprint density at radius 3 is 2.20 bits per heavy atom. The largest absolute Gasteiger partial charge is 0.321 e. The van der Waals surface area contributed by atoms with Gasteiger partial charge in [0.05, 0.1) is 0 Å². The molecular weight excluding hydrogens is 242 g/mol. The van der Waals surface area contributed by atoms with Crippen LogP contribution in [-0.4, -0.2) is 0 Å². The summed E-state index contributed by atoms with van der Waals surface area (Å²) in [7, 11) is 0. The van der Waals surface area contributed by atoms with Crippen LogP contribution in [0.4, 0.5) is 0 Å². The summed E-state index contributed by atoms with van der Waals surface area (Å²) in [5, 5.41) is 0. The minimum atomic E-state index is -0.0675. The topological polar surface area (TPSA) is 26.0 Å². The smallest absolute Gasteiger partial charge is 0.0412 e. The lowest BCUT2D eigenvalue weighted by Crippen LogP contribution is -2.42. The third kappa shape index (κ3) is 2.79. The quantitative estimate of drug-likeness (QED) is 0.826. The Morgan fingerprint density at radius 1 is 1.00 bits per heavy atom. The molecule has 0 aromatic heterocycles. The van der Waals surface area contributed by atoms with Gasteiger partial charge in [0, 0.05) is 5.54 Å². The third-order valence-corrected chi connectivity index (χ3v) is 5.44. The van der Waals surface area contributed by atoms with Gasteiger partial charge in [-0.3, -0.25) is 0 Å². The molecule has 1 aromatic rings. The van der Waals surface area contributed by atoms with Crippen molar-refractivity contribution in [3.05, 3.63) is 35.4 Å². The van der Waals surface area contributed by atoms with Gasteiger partial charge in [-0.25, -0.2) is 0 Å². The van der Waals surface area contributed by atoms with E-state index in [-0.39, 0.29) is 11.0 Å².